The van der Waals surface area contributed by atoms with Gasteiger partial charge in [-0.2, -0.15) is 0 Å². The molecule has 2 aromatic rings. The number of nitrogens with two attached hydrogens (primary N) is 1. The first-order chi connectivity index (χ1) is 9.17. The van der Waals surface area contributed by atoms with Crippen molar-refractivity contribution in [1.82, 2.24) is 9.55 Å². The number of imidazole rings is 1. The van der Waals surface area contributed by atoms with Crippen LogP contribution in [0.3, 0.4) is 0 Å². The summed E-state index contributed by atoms with van der Waals surface area (Å²) in [5.41, 5.74) is 8.27. The summed E-state index contributed by atoms with van der Waals surface area (Å²) in [6.45, 7) is 4.46. The zero-order valence-electron chi connectivity index (χ0n) is 11.7. The third-order valence-electron chi connectivity index (χ3n) is 3.56. The van der Waals surface area contributed by atoms with Crippen LogP contribution in [-0.2, 0) is 0 Å². The Bertz CT molecular complexity index is 548. The van der Waals surface area contributed by atoms with Gasteiger partial charge in [0.2, 0.25) is 5.95 Å². The van der Waals surface area contributed by atoms with E-state index in [9.17, 15) is 0 Å². The third kappa shape index (κ3) is 3.11. The third-order valence-corrected chi connectivity index (χ3v) is 4.05. The van der Waals surface area contributed by atoms with E-state index in [0.717, 1.165) is 21.9 Å². The zero-order chi connectivity index (χ0) is 13.8. The lowest BCUT2D eigenvalue weighted by molar-refractivity contribution is 0.430. The molecule has 0 saturated carbocycles. The van der Waals surface area contributed by atoms with E-state index in [4.69, 9.17) is 5.73 Å². The first-order valence-corrected chi connectivity index (χ1v) is 7.89. The SMILES string of the molecule is CCCCC(CCC)n1c(N)nc2ccc(Br)cc21. The van der Waals surface area contributed by atoms with Crippen molar-refractivity contribution in [2.75, 3.05) is 5.73 Å². The van der Waals surface area contributed by atoms with E-state index in [2.05, 4.69) is 45.4 Å². The quantitative estimate of drug-likeness (QED) is 0.820. The number of aromatic nitrogens is 2. The molecule has 0 radical (unpaired) electrons. The molecule has 0 amide bonds. The van der Waals surface area contributed by atoms with Crippen LogP contribution in [0, 0.1) is 0 Å². The molecule has 3 nitrogen and oxygen atoms in total. The summed E-state index contributed by atoms with van der Waals surface area (Å²) in [4.78, 5) is 4.49. The maximum Gasteiger partial charge on any atom is 0.201 e. The van der Waals surface area contributed by atoms with Crippen molar-refractivity contribution in [3.05, 3.63) is 22.7 Å². The van der Waals surface area contributed by atoms with Crippen molar-refractivity contribution < 1.29 is 0 Å². The maximum absolute atomic E-state index is 6.14. The van der Waals surface area contributed by atoms with Crippen molar-refractivity contribution in [2.45, 2.75) is 52.0 Å². The fourth-order valence-electron chi connectivity index (χ4n) is 2.64. The second kappa shape index (κ2) is 6.42. The summed E-state index contributed by atoms with van der Waals surface area (Å²) in [7, 11) is 0. The Hall–Kier alpha value is -1.03. The van der Waals surface area contributed by atoms with Crippen LogP contribution in [0.15, 0.2) is 22.7 Å². The molecule has 4 heteroatoms. The molecule has 2 rings (SSSR count). The van der Waals surface area contributed by atoms with Gasteiger partial charge in [-0.25, -0.2) is 4.98 Å². The summed E-state index contributed by atoms with van der Waals surface area (Å²) < 4.78 is 3.30. The minimum Gasteiger partial charge on any atom is -0.369 e. The summed E-state index contributed by atoms with van der Waals surface area (Å²) >= 11 is 3.53. The number of halogens is 1. The van der Waals surface area contributed by atoms with Crippen LogP contribution in [0.1, 0.15) is 52.0 Å². The summed E-state index contributed by atoms with van der Waals surface area (Å²) in [6, 6.07) is 6.62. The Morgan fingerprint density at radius 1 is 1.26 bits per heavy atom. The molecule has 0 fully saturated rings. The van der Waals surface area contributed by atoms with Crippen LogP contribution >= 0.6 is 15.9 Å². The van der Waals surface area contributed by atoms with E-state index < -0.39 is 0 Å². The Labute approximate surface area is 123 Å². The zero-order valence-corrected chi connectivity index (χ0v) is 13.3. The van der Waals surface area contributed by atoms with Gasteiger partial charge in [0.05, 0.1) is 11.0 Å². The van der Waals surface area contributed by atoms with Crippen molar-refractivity contribution >= 4 is 32.9 Å². The van der Waals surface area contributed by atoms with Crippen molar-refractivity contribution in [2.24, 2.45) is 0 Å². The van der Waals surface area contributed by atoms with Gasteiger partial charge in [-0.1, -0.05) is 49.0 Å². The number of nitrogens with zero attached hydrogens (tertiary/aromatic N) is 2. The number of fused-ring (bicyclic) bond motifs is 1. The van der Waals surface area contributed by atoms with Crippen molar-refractivity contribution in [3.8, 4) is 0 Å². The molecule has 0 aliphatic heterocycles. The van der Waals surface area contributed by atoms with Crippen LogP contribution in [-0.4, -0.2) is 9.55 Å². The lowest BCUT2D eigenvalue weighted by Gasteiger charge is -2.20. The molecular weight excluding hydrogens is 302 g/mol. The largest absolute Gasteiger partial charge is 0.369 e. The van der Waals surface area contributed by atoms with Gasteiger partial charge in [0.15, 0.2) is 0 Å². The molecule has 0 bridgehead atoms. The molecule has 0 saturated heterocycles. The Kier molecular flexibility index (Phi) is 4.86. The van der Waals surface area contributed by atoms with Gasteiger partial charge in [-0.3, -0.25) is 0 Å². The van der Waals surface area contributed by atoms with Crippen LogP contribution in [0.25, 0.3) is 11.0 Å². The smallest absolute Gasteiger partial charge is 0.201 e. The molecular formula is C15H22BrN3. The minimum absolute atomic E-state index is 0.462. The summed E-state index contributed by atoms with van der Waals surface area (Å²) in [5, 5.41) is 0. The molecule has 1 aromatic heterocycles. The van der Waals surface area contributed by atoms with E-state index >= 15 is 0 Å². The summed E-state index contributed by atoms with van der Waals surface area (Å²) in [5.74, 6) is 0.641. The van der Waals surface area contributed by atoms with Gasteiger partial charge in [0.1, 0.15) is 0 Å². The van der Waals surface area contributed by atoms with Crippen LogP contribution in [0.5, 0.6) is 0 Å². The van der Waals surface area contributed by atoms with E-state index in [0.29, 0.717) is 12.0 Å². The minimum atomic E-state index is 0.462. The van der Waals surface area contributed by atoms with E-state index in [-0.39, 0.29) is 0 Å². The molecule has 0 aliphatic rings. The predicted molar refractivity (Wildman–Crippen MR) is 85.3 cm³/mol. The number of benzene rings is 1. The molecule has 104 valence electrons. The topological polar surface area (TPSA) is 43.8 Å². The number of rotatable bonds is 6. The fraction of sp³-hybridized carbons (Fsp3) is 0.533. The Morgan fingerprint density at radius 3 is 2.74 bits per heavy atom. The summed E-state index contributed by atoms with van der Waals surface area (Å²) in [6.07, 6.45) is 5.95. The molecule has 2 N–H and O–H groups in total. The van der Waals surface area contributed by atoms with Crippen molar-refractivity contribution in [3.63, 3.8) is 0 Å². The van der Waals surface area contributed by atoms with Crippen LogP contribution in [0.4, 0.5) is 5.95 Å². The highest BCUT2D eigenvalue weighted by Crippen LogP contribution is 2.30. The average molecular weight is 324 g/mol. The van der Waals surface area contributed by atoms with Gasteiger partial charge in [0, 0.05) is 10.5 Å². The van der Waals surface area contributed by atoms with Crippen LogP contribution < -0.4 is 5.73 Å². The van der Waals surface area contributed by atoms with E-state index in [1.807, 2.05) is 12.1 Å². The molecule has 1 atom stereocenters. The molecule has 0 spiro atoms. The highest BCUT2D eigenvalue weighted by atomic mass is 79.9. The first kappa shape index (κ1) is 14.4. The lowest BCUT2D eigenvalue weighted by atomic mass is 10.0. The van der Waals surface area contributed by atoms with Crippen molar-refractivity contribution in [1.29, 1.82) is 0 Å². The monoisotopic (exact) mass is 323 g/mol. The lowest BCUT2D eigenvalue weighted by Crippen LogP contribution is -2.12. The number of nitrogen functional groups attached to an aromatic ring is 1. The number of hydrogen-bond acceptors (Lipinski definition) is 2. The molecule has 1 unspecified atom stereocenters. The fourth-order valence-corrected chi connectivity index (χ4v) is 2.99. The molecule has 1 aromatic carbocycles. The normalized spacial score (nSPS) is 13.0. The average Bonchev–Trinajstić information content (AvgIpc) is 2.70. The molecule has 19 heavy (non-hydrogen) atoms. The van der Waals surface area contributed by atoms with Gasteiger partial charge in [-0.05, 0) is 31.0 Å². The van der Waals surface area contributed by atoms with E-state index in [1.165, 1.54) is 25.7 Å². The van der Waals surface area contributed by atoms with Gasteiger partial charge < -0.3 is 10.3 Å². The predicted octanol–water partition coefficient (Wildman–Crippen LogP) is 4.91. The van der Waals surface area contributed by atoms with Gasteiger partial charge in [0.25, 0.3) is 0 Å². The highest BCUT2D eigenvalue weighted by Gasteiger charge is 2.17. The van der Waals surface area contributed by atoms with Gasteiger partial charge in [-0.15, -0.1) is 0 Å². The van der Waals surface area contributed by atoms with Crippen LogP contribution in [0.2, 0.25) is 0 Å². The molecule has 0 aliphatic carbocycles. The number of anilines is 1. The second-order valence-electron chi connectivity index (χ2n) is 5.06. The van der Waals surface area contributed by atoms with E-state index in [1.54, 1.807) is 0 Å². The second-order valence-corrected chi connectivity index (χ2v) is 5.97. The Morgan fingerprint density at radius 2 is 2.05 bits per heavy atom. The van der Waals surface area contributed by atoms with Gasteiger partial charge >= 0.3 is 0 Å². The molecule has 1 heterocycles. The number of unbranched alkanes of at least 4 members (excludes halogenated alkanes) is 1. The standard InChI is InChI=1S/C15H22BrN3/c1-3-5-7-12(6-4-2)19-14-10-11(16)8-9-13(14)18-15(19)17/h8-10,12H,3-7H2,1-2H3,(H2,17,18). The highest BCUT2D eigenvalue weighted by molar-refractivity contribution is 9.10. The maximum atomic E-state index is 6.14. The first-order valence-electron chi connectivity index (χ1n) is 7.10. The number of hydrogen-bond donors (Lipinski definition) is 1. The Balaban J connectivity index is 2.44.